The van der Waals surface area contributed by atoms with Crippen molar-refractivity contribution in [1.82, 2.24) is 4.90 Å². The Kier molecular flexibility index (Phi) is 6.54. The summed E-state index contributed by atoms with van der Waals surface area (Å²) in [5.74, 6) is 3.25. The molecule has 3 aliphatic rings. The Morgan fingerprint density at radius 2 is 1.75 bits per heavy atom. The predicted octanol–water partition coefficient (Wildman–Crippen LogP) is 4.52. The average Bonchev–Trinajstić information content (AvgIpc) is 2.81. The number of hydrogen-bond acceptors (Lipinski definition) is 6. The van der Waals surface area contributed by atoms with Crippen LogP contribution < -0.4 is 9.47 Å². The third kappa shape index (κ3) is 4.26. The van der Waals surface area contributed by atoms with Crippen LogP contribution in [0.2, 0.25) is 0 Å². The zero-order chi connectivity index (χ0) is 22.9. The van der Waals surface area contributed by atoms with E-state index in [-0.39, 0.29) is 11.5 Å². The van der Waals surface area contributed by atoms with Crippen LogP contribution in [0.5, 0.6) is 11.5 Å². The number of benzene rings is 1. The molecule has 0 radical (unpaired) electrons. The molecule has 0 bridgehead atoms. The van der Waals surface area contributed by atoms with E-state index in [0.717, 1.165) is 55.5 Å². The third-order valence-electron chi connectivity index (χ3n) is 6.78. The Morgan fingerprint density at radius 3 is 2.44 bits per heavy atom. The van der Waals surface area contributed by atoms with E-state index in [9.17, 15) is 0 Å². The van der Waals surface area contributed by atoms with E-state index in [4.69, 9.17) is 23.7 Å². The van der Waals surface area contributed by atoms with Crippen LogP contribution in [0.3, 0.4) is 0 Å². The van der Waals surface area contributed by atoms with Gasteiger partial charge < -0.3 is 23.7 Å². The minimum atomic E-state index is -0.0665. The monoisotopic (exact) mass is 441 g/mol. The molecular formula is C26H35NO5. The van der Waals surface area contributed by atoms with Crippen LogP contribution in [-0.4, -0.2) is 59.6 Å². The summed E-state index contributed by atoms with van der Waals surface area (Å²) >= 11 is 0. The zero-order valence-corrected chi connectivity index (χ0v) is 20.1. The number of methoxy groups -OCH3 is 4. The molecule has 174 valence electrons. The first-order valence-corrected chi connectivity index (χ1v) is 11.2. The maximum atomic E-state index is 6.36. The van der Waals surface area contributed by atoms with Gasteiger partial charge in [0.15, 0.2) is 17.3 Å². The molecule has 4 rings (SSSR count). The summed E-state index contributed by atoms with van der Waals surface area (Å²) in [5.41, 5.74) is 5.08. The first kappa shape index (κ1) is 22.7. The summed E-state index contributed by atoms with van der Waals surface area (Å²) in [7, 11) is 6.77. The maximum Gasteiger partial charge on any atom is 0.161 e. The van der Waals surface area contributed by atoms with Crippen molar-refractivity contribution >= 4 is 0 Å². The third-order valence-corrected chi connectivity index (χ3v) is 6.78. The SMILES string of the molecule is COC1=C(OC)CC2=CCN(CCC3OCC(C)(C)c4cc(OC)c(OC)cc43)CC2=C1. The summed E-state index contributed by atoms with van der Waals surface area (Å²) in [5, 5.41) is 0. The molecule has 0 saturated heterocycles. The second-order valence-corrected chi connectivity index (χ2v) is 9.27. The van der Waals surface area contributed by atoms with Gasteiger partial charge in [-0.05, 0) is 46.9 Å². The number of rotatable bonds is 7. The van der Waals surface area contributed by atoms with Crippen molar-refractivity contribution in [3.63, 3.8) is 0 Å². The summed E-state index contributed by atoms with van der Waals surface area (Å²) in [4.78, 5) is 2.46. The first-order chi connectivity index (χ1) is 15.4. The average molecular weight is 442 g/mol. The maximum absolute atomic E-state index is 6.36. The standard InChI is InChI=1S/C26H35NO5/c1-26(2)16-32-21(19-13-24(30-5)25(31-6)14-20(19)26)8-10-27-9-7-17-11-22(28-3)23(29-4)12-18(17)15-27/h7,12-14,21H,8-11,15-16H2,1-6H3. The Labute approximate surface area is 191 Å². The van der Waals surface area contributed by atoms with Crippen molar-refractivity contribution < 1.29 is 23.7 Å². The Morgan fingerprint density at radius 1 is 1.00 bits per heavy atom. The molecule has 0 N–H and O–H groups in total. The molecule has 1 aromatic carbocycles. The zero-order valence-electron chi connectivity index (χ0n) is 20.1. The molecular weight excluding hydrogens is 406 g/mol. The number of ether oxygens (including phenoxy) is 5. The van der Waals surface area contributed by atoms with Gasteiger partial charge in [-0.25, -0.2) is 0 Å². The molecule has 1 unspecified atom stereocenters. The molecule has 6 nitrogen and oxygen atoms in total. The van der Waals surface area contributed by atoms with Gasteiger partial charge in [-0.1, -0.05) is 19.9 Å². The molecule has 1 aliphatic carbocycles. The minimum absolute atomic E-state index is 0.0399. The van der Waals surface area contributed by atoms with E-state index in [1.54, 1.807) is 28.4 Å². The first-order valence-electron chi connectivity index (χ1n) is 11.2. The van der Waals surface area contributed by atoms with Gasteiger partial charge in [0.05, 0.1) is 41.2 Å². The number of hydrogen-bond donors (Lipinski definition) is 0. The highest BCUT2D eigenvalue weighted by atomic mass is 16.5. The highest BCUT2D eigenvalue weighted by Gasteiger charge is 2.35. The highest BCUT2D eigenvalue weighted by molar-refractivity contribution is 5.51. The van der Waals surface area contributed by atoms with Crippen LogP contribution in [0.4, 0.5) is 0 Å². The van der Waals surface area contributed by atoms with Crippen molar-refractivity contribution in [3.05, 3.63) is 58.1 Å². The van der Waals surface area contributed by atoms with Gasteiger partial charge in [0, 0.05) is 31.5 Å². The predicted molar refractivity (Wildman–Crippen MR) is 124 cm³/mol. The number of fused-ring (bicyclic) bond motifs is 2. The van der Waals surface area contributed by atoms with Gasteiger partial charge in [-0.2, -0.15) is 0 Å². The normalized spacial score (nSPS) is 22.4. The molecule has 0 saturated carbocycles. The van der Waals surface area contributed by atoms with Crippen molar-refractivity contribution in [2.24, 2.45) is 0 Å². The van der Waals surface area contributed by atoms with E-state index in [2.05, 4.69) is 43.0 Å². The van der Waals surface area contributed by atoms with E-state index >= 15 is 0 Å². The molecule has 1 atom stereocenters. The second kappa shape index (κ2) is 9.20. The van der Waals surface area contributed by atoms with Crippen LogP contribution in [0, 0.1) is 0 Å². The van der Waals surface area contributed by atoms with Gasteiger partial charge in [-0.15, -0.1) is 0 Å². The lowest BCUT2D eigenvalue weighted by Crippen LogP contribution is -2.36. The molecule has 0 fully saturated rings. The van der Waals surface area contributed by atoms with Crippen LogP contribution >= 0.6 is 0 Å². The van der Waals surface area contributed by atoms with E-state index in [0.29, 0.717) is 6.61 Å². The Hall–Kier alpha value is -2.44. The molecule has 0 amide bonds. The molecule has 6 heteroatoms. The van der Waals surface area contributed by atoms with Crippen molar-refractivity contribution in [2.45, 2.75) is 38.2 Å². The smallest absolute Gasteiger partial charge is 0.161 e. The lowest BCUT2D eigenvalue weighted by molar-refractivity contribution is -0.00257. The Bertz CT molecular complexity index is 959. The summed E-state index contributed by atoms with van der Waals surface area (Å²) in [6.07, 6.45) is 6.19. The van der Waals surface area contributed by atoms with Gasteiger partial charge >= 0.3 is 0 Å². The highest BCUT2D eigenvalue weighted by Crippen LogP contribution is 2.44. The lowest BCUT2D eigenvalue weighted by Gasteiger charge is -2.39. The molecule has 1 aromatic rings. The largest absolute Gasteiger partial charge is 0.497 e. The topological polar surface area (TPSA) is 49.4 Å². The Balaban J connectivity index is 1.50. The molecule has 2 aliphatic heterocycles. The molecule has 0 aromatic heterocycles. The molecule has 32 heavy (non-hydrogen) atoms. The van der Waals surface area contributed by atoms with E-state index < -0.39 is 0 Å². The fraction of sp³-hybridized carbons (Fsp3) is 0.538. The van der Waals surface area contributed by atoms with E-state index in [1.165, 1.54) is 22.3 Å². The molecule has 2 heterocycles. The van der Waals surface area contributed by atoms with Crippen LogP contribution in [0.25, 0.3) is 0 Å². The fourth-order valence-corrected chi connectivity index (χ4v) is 4.88. The minimum Gasteiger partial charge on any atom is -0.497 e. The molecule has 0 spiro atoms. The summed E-state index contributed by atoms with van der Waals surface area (Å²) in [6.45, 7) is 7.92. The van der Waals surface area contributed by atoms with Gasteiger partial charge in [0.1, 0.15) is 5.76 Å². The quantitative estimate of drug-likeness (QED) is 0.620. The van der Waals surface area contributed by atoms with Gasteiger partial charge in [0.25, 0.3) is 0 Å². The fourth-order valence-electron chi connectivity index (χ4n) is 4.88. The van der Waals surface area contributed by atoms with Crippen molar-refractivity contribution in [3.8, 4) is 11.5 Å². The van der Waals surface area contributed by atoms with Crippen LogP contribution in [-0.2, 0) is 19.6 Å². The number of nitrogens with zero attached hydrogens (tertiary/aromatic N) is 1. The number of allylic oxidation sites excluding steroid dienone is 2. The van der Waals surface area contributed by atoms with Crippen LogP contribution in [0.1, 0.15) is 43.9 Å². The van der Waals surface area contributed by atoms with Crippen molar-refractivity contribution in [2.75, 3.05) is 54.7 Å². The summed E-state index contributed by atoms with van der Waals surface area (Å²) in [6, 6.07) is 4.22. The summed E-state index contributed by atoms with van der Waals surface area (Å²) < 4.78 is 28.5. The lowest BCUT2D eigenvalue weighted by atomic mass is 9.78. The van der Waals surface area contributed by atoms with Gasteiger partial charge in [-0.3, -0.25) is 4.90 Å². The second-order valence-electron chi connectivity index (χ2n) is 9.27. The van der Waals surface area contributed by atoms with Crippen molar-refractivity contribution in [1.29, 1.82) is 0 Å². The van der Waals surface area contributed by atoms with E-state index in [1.807, 2.05) is 0 Å². The van der Waals surface area contributed by atoms with Gasteiger partial charge in [0.2, 0.25) is 0 Å². The van der Waals surface area contributed by atoms with Crippen LogP contribution in [0.15, 0.2) is 46.9 Å².